The Labute approximate surface area is 158 Å². The Hall–Kier alpha value is -3.29. The lowest BCUT2D eigenvalue weighted by Crippen LogP contribution is -2.25. The second-order valence-corrected chi connectivity index (χ2v) is 6.44. The minimum Gasteiger partial charge on any atom is -0.368 e. The molecule has 140 valence electrons. The average Bonchev–Trinajstić information content (AvgIpc) is 3.18. The molecule has 0 atom stereocenters. The molecule has 0 aliphatic heterocycles. The molecule has 0 aliphatic rings. The SMILES string of the molecule is CC(C)Nc1cc(-c2cccc(C(=O)NCCCn3ccnn3)c2)ncn1. The van der Waals surface area contributed by atoms with Crippen LogP contribution in [0.25, 0.3) is 11.3 Å². The van der Waals surface area contributed by atoms with E-state index >= 15 is 0 Å². The summed E-state index contributed by atoms with van der Waals surface area (Å²) in [4.78, 5) is 21.0. The van der Waals surface area contributed by atoms with Gasteiger partial charge < -0.3 is 10.6 Å². The molecular weight excluding hydrogens is 342 g/mol. The maximum Gasteiger partial charge on any atom is 0.251 e. The van der Waals surface area contributed by atoms with Crippen LogP contribution in [0.2, 0.25) is 0 Å². The molecule has 3 rings (SSSR count). The van der Waals surface area contributed by atoms with Crippen LogP contribution in [0, 0.1) is 0 Å². The molecule has 0 radical (unpaired) electrons. The van der Waals surface area contributed by atoms with Crippen LogP contribution in [-0.2, 0) is 6.54 Å². The van der Waals surface area contributed by atoms with Gasteiger partial charge in [-0.2, -0.15) is 0 Å². The first-order valence-corrected chi connectivity index (χ1v) is 8.93. The van der Waals surface area contributed by atoms with Gasteiger partial charge >= 0.3 is 0 Å². The molecule has 3 aromatic rings. The molecule has 8 heteroatoms. The fraction of sp³-hybridized carbons (Fsp3) is 0.316. The van der Waals surface area contributed by atoms with Crippen LogP contribution >= 0.6 is 0 Å². The Kier molecular flexibility index (Phi) is 6.09. The summed E-state index contributed by atoms with van der Waals surface area (Å²) < 4.78 is 1.74. The maximum absolute atomic E-state index is 12.4. The third kappa shape index (κ3) is 5.34. The van der Waals surface area contributed by atoms with Gasteiger partial charge in [0.1, 0.15) is 12.1 Å². The predicted molar refractivity (Wildman–Crippen MR) is 103 cm³/mol. The van der Waals surface area contributed by atoms with Crippen LogP contribution in [0.15, 0.2) is 49.1 Å². The second kappa shape index (κ2) is 8.88. The fourth-order valence-corrected chi connectivity index (χ4v) is 2.61. The summed E-state index contributed by atoms with van der Waals surface area (Å²) in [6.45, 7) is 5.39. The molecule has 0 saturated heterocycles. The molecule has 2 N–H and O–H groups in total. The van der Waals surface area contributed by atoms with E-state index in [9.17, 15) is 4.79 Å². The number of nitrogens with zero attached hydrogens (tertiary/aromatic N) is 5. The van der Waals surface area contributed by atoms with Crippen molar-refractivity contribution in [2.24, 2.45) is 0 Å². The third-order valence-corrected chi connectivity index (χ3v) is 3.85. The Bertz CT molecular complexity index is 877. The number of rotatable bonds is 8. The van der Waals surface area contributed by atoms with Gasteiger partial charge in [-0.05, 0) is 32.4 Å². The number of hydrogen-bond acceptors (Lipinski definition) is 6. The van der Waals surface area contributed by atoms with Crippen molar-refractivity contribution in [3.8, 4) is 11.3 Å². The van der Waals surface area contributed by atoms with Crippen molar-refractivity contribution in [1.29, 1.82) is 0 Å². The molecular formula is C19H23N7O. The lowest BCUT2D eigenvalue weighted by molar-refractivity contribution is 0.0952. The van der Waals surface area contributed by atoms with Crippen molar-refractivity contribution in [2.45, 2.75) is 32.9 Å². The van der Waals surface area contributed by atoms with E-state index in [1.807, 2.05) is 24.3 Å². The number of nitrogens with one attached hydrogen (secondary N) is 2. The molecule has 0 spiro atoms. The number of amides is 1. The highest BCUT2D eigenvalue weighted by Crippen LogP contribution is 2.20. The van der Waals surface area contributed by atoms with Crippen molar-refractivity contribution < 1.29 is 4.79 Å². The van der Waals surface area contributed by atoms with E-state index in [2.05, 4.69) is 44.8 Å². The van der Waals surface area contributed by atoms with E-state index in [-0.39, 0.29) is 11.9 Å². The predicted octanol–water partition coefficient (Wildman–Crippen LogP) is 2.38. The average molecular weight is 365 g/mol. The normalized spacial score (nSPS) is 10.8. The first kappa shape index (κ1) is 18.5. The van der Waals surface area contributed by atoms with E-state index in [0.717, 1.165) is 23.5 Å². The van der Waals surface area contributed by atoms with Gasteiger partial charge in [-0.25, -0.2) is 9.97 Å². The molecule has 0 unspecified atom stereocenters. The summed E-state index contributed by atoms with van der Waals surface area (Å²) in [6, 6.07) is 9.59. The Morgan fingerprint density at radius 1 is 1.22 bits per heavy atom. The number of aromatic nitrogens is 5. The highest BCUT2D eigenvalue weighted by molar-refractivity contribution is 5.95. The smallest absolute Gasteiger partial charge is 0.251 e. The molecule has 27 heavy (non-hydrogen) atoms. The molecule has 0 bridgehead atoms. The summed E-state index contributed by atoms with van der Waals surface area (Å²) >= 11 is 0. The zero-order valence-electron chi connectivity index (χ0n) is 15.5. The minimum atomic E-state index is -0.106. The van der Waals surface area contributed by atoms with Gasteiger partial charge in [-0.1, -0.05) is 17.3 Å². The standard InChI is InChI=1S/C19H23N7O/c1-14(2)24-18-12-17(21-13-22-18)15-5-3-6-16(11-15)19(27)20-7-4-9-26-10-8-23-25-26/h3,5-6,8,10-14H,4,7,9H2,1-2H3,(H,20,27)(H,21,22,24). The molecule has 1 amide bonds. The lowest BCUT2D eigenvalue weighted by atomic mass is 10.1. The summed E-state index contributed by atoms with van der Waals surface area (Å²) in [5.41, 5.74) is 2.25. The Morgan fingerprint density at radius 2 is 2.11 bits per heavy atom. The topological polar surface area (TPSA) is 97.6 Å². The highest BCUT2D eigenvalue weighted by atomic mass is 16.1. The zero-order valence-corrected chi connectivity index (χ0v) is 15.5. The van der Waals surface area contributed by atoms with E-state index in [4.69, 9.17) is 0 Å². The maximum atomic E-state index is 12.4. The molecule has 2 heterocycles. The molecule has 1 aromatic carbocycles. The van der Waals surface area contributed by atoms with Crippen LogP contribution in [-0.4, -0.2) is 43.5 Å². The Morgan fingerprint density at radius 3 is 2.89 bits per heavy atom. The minimum absolute atomic E-state index is 0.106. The first-order valence-electron chi connectivity index (χ1n) is 8.93. The summed E-state index contributed by atoms with van der Waals surface area (Å²) in [5.74, 6) is 0.656. The van der Waals surface area contributed by atoms with E-state index in [1.54, 1.807) is 23.1 Å². The largest absolute Gasteiger partial charge is 0.368 e. The Balaban J connectivity index is 1.61. The van der Waals surface area contributed by atoms with Crippen molar-refractivity contribution in [1.82, 2.24) is 30.3 Å². The van der Waals surface area contributed by atoms with Gasteiger partial charge in [0.15, 0.2) is 0 Å². The summed E-state index contributed by atoms with van der Waals surface area (Å²) in [6.07, 6.45) is 5.75. The lowest BCUT2D eigenvalue weighted by Gasteiger charge is -2.10. The number of benzene rings is 1. The van der Waals surface area contributed by atoms with Crippen LogP contribution in [0.3, 0.4) is 0 Å². The highest BCUT2D eigenvalue weighted by Gasteiger charge is 2.08. The number of hydrogen-bond donors (Lipinski definition) is 2. The monoisotopic (exact) mass is 365 g/mol. The molecule has 2 aromatic heterocycles. The van der Waals surface area contributed by atoms with Crippen LogP contribution in [0.5, 0.6) is 0 Å². The van der Waals surface area contributed by atoms with Crippen LogP contribution < -0.4 is 10.6 Å². The fourth-order valence-electron chi connectivity index (χ4n) is 2.61. The van der Waals surface area contributed by atoms with Crippen LogP contribution in [0.4, 0.5) is 5.82 Å². The van der Waals surface area contributed by atoms with Gasteiger partial charge in [-0.15, -0.1) is 5.10 Å². The van der Waals surface area contributed by atoms with Crippen molar-refractivity contribution in [2.75, 3.05) is 11.9 Å². The molecule has 0 fully saturated rings. The van der Waals surface area contributed by atoms with E-state index in [1.165, 1.54) is 6.33 Å². The van der Waals surface area contributed by atoms with Gasteiger partial charge in [0.05, 0.1) is 11.9 Å². The number of carbonyl (C=O) groups is 1. The molecule has 0 saturated carbocycles. The van der Waals surface area contributed by atoms with Crippen LogP contribution in [0.1, 0.15) is 30.6 Å². The number of anilines is 1. The van der Waals surface area contributed by atoms with Gasteiger partial charge in [-0.3, -0.25) is 9.48 Å². The quantitative estimate of drug-likeness (QED) is 0.595. The second-order valence-electron chi connectivity index (χ2n) is 6.44. The van der Waals surface area contributed by atoms with E-state index in [0.29, 0.717) is 18.7 Å². The zero-order chi connectivity index (χ0) is 19.1. The first-order chi connectivity index (χ1) is 13.1. The van der Waals surface area contributed by atoms with Gasteiger partial charge in [0.25, 0.3) is 5.91 Å². The number of carbonyl (C=O) groups excluding carboxylic acids is 1. The summed E-state index contributed by atoms with van der Waals surface area (Å²) in [5, 5.41) is 13.8. The molecule has 0 aliphatic carbocycles. The van der Waals surface area contributed by atoms with Gasteiger partial charge in [0, 0.05) is 42.5 Å². The van der Waals surface area contributed by atoms with Crippen molar-refractivity contribution in [3.05, 3.63) is 54.6 Å². The van der Waals surface area contributed by atoms with E-state index < -0.39 is 0 Å². The van der Waals surface area contributed by atoms with Gasteiger partial charge in [0.2, 0.25) is 0 Å². The number of aryl methyl sites for hydroxylation is 1. The third-order valence-electron chi connectivity index (χ3n) is 3.85. The summed E-state index contributed by atoms with van der Waals surface area (Å²) in [7, 11) is 0. The molecule has 8 nitrogen and oxygen atoms in total. The van der Waals surface area contributed by atoms with Crippen molar-refractivity contribution in [3.63, 3.8) is 0 Å². The van der Waals surface area contributed by atoms with Crippen molar-refractivity contribution >= 4 is 11.7 Å².